The minimum Gasteiger partial charge on any atom is -0.480 e. The zero-order valence-electron chi connectivity index (χ0n) is 14.6. The van der Waals surface area contributed by atoms with Crippen LogP contribution < -0.4 is 4.74 Å². The lowest BCUT2D eigenvalue weighted by Gasteiger charge is -2.28. The van der Waals surface area contributed by atoms with E-state index in [1.807, 2.05) is 79.7 Å². The molecule has 0 aliphatic carbocycles. The summed E-state index contributed by atoms with van der Waals surface area (Å²) in [6, 6.07) is 21.5. The zero-order valence-corrected chi connectivity index (χ0v) is 17.7. The maximum absolute atomic E-state index is 13.3. The second-order valence-corrected chi connectivity index (χ2v) is 8.36. The van der Waals surface area contributed by atoms with Crippen LogP contribution in [0.15, 0.2) is 81.2 Å². The average Bonchev–Trinajstić information content (AvgIpc) is 2.67. The van der Waals surface area contributed by atoms with E-state index in [-0.39, 0.29) is 5.78 Å². The molecular formula is C23H16Br2O2. The van der Waals surface area contributed by atoms with Gasteiger partial charge in [0.25, 0.3) is 0 Å². The number of ether oxygens (including phenoxy) is 1. The van der Waals surface area contributed by atoms with Crippen molar-refractivity contribution in [3.63, 3.8) is 0 Å². The Balaban J connectivity index is 1.85. The van der Waals surface area contributed by atoms with Crippen LogP contribution in [0, 0.1) is 6.92 Å². The first kappa shape index (κ1) is 18.2. The number of fused-ring (bicyclic) bond motifs is 1. The van der Waals surface area contributed by atoms with Gasteiger partial charge in [-0.3, -0.25) is 4.79 Å². The maximum atomic E-state index is 13.3. The number of ketones is 1. The molecule has 4 heteroatoms. The van der Waals surface area contributed by atoms with Crippen molar-refractivity contribution < 1.29 is 9.53 Å². The van der Waals surface area contributed by atoms with Gasteiger partial charge in [-0.05, 0) is 60.5 Å². The highest BCUT2D eigenvalue weighted by Crippen LogP contribution is 2.40. The van der Waals surface area contributed by atoms with Crippen molar-refractivity contribution >= 4 is 43.7 Å². The third-order valence-electron chi connectivity index (χ3n) is 4.53. The van der Waals surface area contributed by atoms with Gasteiger partial charge in [0.05, 0.1) is 5.56 Å². The lowest BCUT2D eigenvalue weighted by Crippen LogP contribution is -2.24. The number of aryl methyl sites for hydroxylation is 1. The standard InChI is InChI=1S/C23H16Br2O2/c1-14-2-11-21-19(12-14)22(26)20(13-15-3-7-17(24)8-4-15)23(27-21)16-5-9-18(25)10-6-16/h2-13,23H,1H3/b20-13-. The van der Waals surface area contributed by atoms with Crippen molar-refractivity contribution in [3.05, 3.63) is 104 Å². The first-order valence-corrected chi connectivity index (χ1v) is 10.1. The van der Waals surface area contributed by atoms with Gasteiger partial charge >= 0.3 is 0 Å². The normalized spacial score (nSPS) is 17.5. The van der Waals surface area contributed by atoms with E-state index in [1.165, 1.54) is 0 Å². The van der Waals surface area contributed by atoms with Crippen LogP contribution >= 0.6 is 31.9 Å². The van der Waals surface area contributed by atoms with E-state index in [2.05, 4.69) is 31.9 Å². The minimum absolute atomic E-state index is 0.00999. The molecule has 0 radical (unpaired) electrons. The van der Waals surface area contributed by atoms with Crippen LogP contribution in [0.3, 0.4) is 0 Å². The summed E-state index contributed by atoms with van der Waals surface area (Å²) in [7, 11) is 0. The molecule has 0 bridgehead atoms. The monoisotopic (exact) mass is 482 g/mol. The van der Waals surface area contributed by atoms with Crippen LogP contribution in [-0.2, 0) is 0 Å². The summed E-state index contributed by atoms with van der Waals surface area (Å²) in [5.74, 6) is 0.641. The van der Waals surface area contributed by atoms with Gasteiger partial charge in [0.2, 0.25) is 0 Å². The Morgan fingerprint density at radius 1 is 0.889 bits per heavy atom. The Morgan fingerprint density at radius 2 is 1.52 bits per heavy atom. The fourth-order valence-electron chi connectivity index (χ4n) is 3.15. The summed E-state index contributed by atoms with van der Waals surface area (Å²) in [5, 5.41) is 0. The van der Waals surface area contributed by atoms with E-state index >= 15 is 0 Å². The van der Waals surface area contributed by atoms with E-state index in [9.17, 15) is 4.79 Å². The predicted octanol–water partition coefficient (Wildman–Crippen LogP) is 6.92. The molecule has 0 fully saturated rings. The zero-order chi connectivity index (χ0) is 19.0. The van der Waals surface area contributed by atoms with Crippen LogP contribution in [0.4, 0.5) is 0 Å². The molecule has 27 heavy (non-hydrogen) atoms. The molecule has 1 unspecified atom stereocenters. The molecule has 2 nitrogen and oxygen atoms in total. The number of carbonyl (C=O) groups is 1. The molecule has 3 aromatic rings. The van der Waals surface area contributed by atoms with E-state index < -0.39 is 6.10 Å². The smallest absolute Gasteiger partial charge is 0.196 e. The van der Waals surface area contributed by atoms with Gasteiger partial charge in [-0.2, -0.15) is 0 Å². The number of halogens is 2. The van der Waals surface area contributed by atoms with Gasteiger partial charge in [0.15, 0.2) is 11.9 Å². The van der Waals surface area contributed by atoms with Crippen LogP contribution in [0.2, 0.25) is 0 Å². The van der Waals surface area contributed by atoms with Crippen LogP contribution in [0.5, 0.6) is 5.75 Å². The van der Waals surface area contributed by atoms with Crippen molar-refractivity contribution in [1.82, 2.24) is 0 Å². The molecule has 0 amide bonds. The van der Waals surface area contributed by atoms with Gasteiger partial charge in [-0.15, -0.1) is 0 Å². The summed E-state index contributed by atoms with van der Waals surface area (Å²) < 4.78 is 8.27. The number of hydrogen-bond acceptors (Lipinski definition) is 2. The second kappa shape index (κ2) is 7.45. The van der Waals surface area contributed by atoms with Gasteiger partial charge in [-0.1, -0.05) is 67.8 Å². The van der Waals surface area contributed by atoms with E-state index in [0.717, 1.165) is 25.6 Å². The first-order valence-electron chi connectivity index (χ1n) is 8.56. The van der Waals surface area contributed by atoms with Gasteiger partial charge in [0.1, 0.15) is 5.75 Å². The summed E-state index contributed by atoms with van der Waals surface area (Å²) in [4.78, 5) is 13.3. The Labute approximate surface area is 175 Å². The number of Topliss-reactive ketones (excluding diaryl/α,β-unsaturated/α-hetero) is 1. The topological polar surface area (TPSA) is 26.3 Å². The van der Waals surface area contributed by atoms with Crippen LogP contribution in [0.1, 0.15) is 33.2 Å². The van der Waals surface area contributed by atoms with Crippen molar-refractivity contribution in [2.24, 2.45) is 0 Å². The molecule has 1 atom stereocenters. The van der Waals surface area contributed by atoms with Gasteiger partial charge in [-0.25, -0.2) is 0 Å². The number of carbonyl (C=O) groups excluding carboxylic acids is 1. The molecule has 0 N–H and O–H groups in total. The molecular weight excluding hydrogens is 468 g/mol. The molecule has 1 aliphatic heterocycles. The SMILES string of the molecule is Cc1ccc2c(c1)C(=O)/C(=C/c1ccc(Br)cc1)C(c1ccc(Br)cc1)O2. The Kier molecular flexibility index (Phi) is 5.02. The highest BCUT2D eigenvalue weighted by Gasteiger charge is 2.33. The molecule has 0 spiro atoms. The second-order valence-electron chi connectivity index (χ2n) is 6.53. The highest BCUT2D eigenvalue weighted by molar-refractivity contribution is 9.10. The third-order valence-corrected chi connectivity index (χ3v) is 5.59. The van der Waals surface area contributed by atoms with Crippen molar-refractivity contribution in [3.8, 4) is 5.75 Å². The first-order chi connectivity index (χ1) is 13.0. The molecule has 0 saturated carbocycles. The molecule has 1 heterocycles. The highest BCUT2D eigenvalue weighted by atomic mass is 79.9. The van der Waals surface area contributed by atoms with Crippen molar-refractivity contribution in [1.29, 1.82) is 0 Å². The lowest BCUT2D eigenvalue weighted by molar-refractivity contribution is 0.0963. The lowest BCUT2D eigenvalue weighted by atomic mass is 9.89. The predicted molar refractivity (Wildman–Crippen MR) is 115 cm³/mol. The average molecular weight is 484 g/mol. The van der Waals surface area contributed by atoms with E-state index in [4.69, 9.17) is 4.74 Å². The summed E-state index contributed by atoms with van der Waals surface area (Å²) in [6.07, 6.45) is 1.48. The van der Waals surface area contributed by atoms with Gasteiger partial charge < -0.3 is 4.74 Å². The molecule has 4 rings (SSSR count). The fourth-order valence-corrected chi connectivity index (χ4v) is 3.68. The quantitative estimate of drug-likeness (QED) is 0.370. The Hall–Kier alpha value is -2.17. The Morgan fingerprint density at radius 3 is 2.19 bits per heavy atom. The summed E-state index contributed by atoms with van der Waals surface area (Å²) in [6.45, 7) is 1.98. The fraction of sp³-hybridized carbons (Fsp3) is 0.0870. The molecule has 0 saturated heterocycles. The summed E-state index contributed by atoms with van der Waals surface area (Å²) in [5.41, 5.74) is 4.20. The maximum Gasteiger partial charge on any atom is 0.196 e. The number of rotatable bonds is 2. The van der Waals surface area contributed by atoms with Gasteiger partial charge in [0, 0.05) is 14.5 Å². The largest absolute Gasteiger partial charge is 0.480 e. The van der Waals surface area contributed by atoms with E-state index in [0.29, 0.717) is 16.9 Å². The van der Waals surface area contributed by atoms with Crippen molar-refractivity contribution in [2.75, 3.05) is 0 Å². The molecule has 134 valence electrons. The van der Waals surface area contributed by atoms with Crippen molar-refractivity contribution in [2.45, 2.75) is 13.0 Å². The third kappa shape index (κ3) is 3.78. The summed E-state index contributed by atoms with van der Waals surface area (Å²) >= 11 is 6.91. The molecule has 0 aromatic heterocycles. The van der Waals surface area contributed by atoms with E-state index in [1.54, 1.807) is 0 Å². The minimum atomic E-state index is -0.440. The molecule has 1 aliphatic rings. The number of benzene rings is 3. The Bertz CT molecular complexity index is 1030. The number of hydrogen-bond donors (Lipinski definition) is 0. The van der Waals surface area contributed by atoms with Crippen LogP contribution in [0.25, 0.3) is 6.08 Å². The molecule has 3 aromatic carbocycles. The van der Waals surface area contributed by atoms with Crippen LogP contribution in [-0.4, -0.2) is 5.78 Å².